The van der Waals surface area contributed by atoms with Gasteiger partial charge < -0.3 is 11.1 Å². The molecule has 0 spiro atoms. The van der Waals surface area contributed by atoms with Gasteiger partial charge in [0, 0.05) is 12.5 Å². The van der Waals surface area contributed by atoms with Gasteiger partial charge in [-0.1, -0.05) is 42.5 Å². The van der Waals surface area contributed by atoms with Crippen molar-refractivity contribution in [3.8, 4) is 0 Å². The molecule has 3 N–H and O–H groups in total. The highest BCUT2D eigenvalue weighted by Gasteiger charge is 2.30. The van der Waals surface area contributed by atoms with E-state index < -0.39 is 23.8 Å². The number of halogens is 4. The number of hydrogen-bond acceptors (Lipinski definition) is 2. The number of alkyl halides is 3. The molecule has 1 amide bonds. The topological polar surface area (TPSA) is 55.1 Å². The number of nitrogens with one attached hydrogen (secondary N) is 1. The van der Waals surface area contributed by atoms with Crippen molar-refractivity contribution in [2.75, 3.05) is 0 Å². The molecule has 0 heterocycles. The summed E-state index contributed by atoms with van der Waals surface area (Å²) >= 11 is 0. The normalized spacial score (nSPS) is 13.5. The van der Waals surface area contributed by atoms with Crippen molar-refractivity contribution in [1.82, 2.24) is 5.32 Å². The molecule has 0 saturated heterocycles. The van der Waals surface area contributed by atoms with Crippen LogP contribution in [0.25, 0.3) is 0 Å². The second kappa shape index (κ2) is 8.87. The zero-order valence-corrected chi connectivity index (χ0v) is 14.4. The predicted octanol–water partition coefficient (Wildman–Crippen LogP) is 4.39. The van der Waals surface area contributed by atoms with Gasteiger partial charge in [0.05, 0.1) is 11.6 Å². The zero-order chi connectivity index (χ0) is 17.7. The highest BCUT2D eigenvalue weighted by atomic mass is 35.5. The minimum atomic E-state index is -4.37. The maximum absolute atomic E-state index is 12.6. The Kier molecular flexibility index (Phi) is 7.45. The molecule has 3 nitrogen and oxygen atoms in total. The van der Waals surface area contributed by atoms with E-state index in [0.29, 0.717) is 5.56 Å². The summed E-state index contributed by atoms with van der Waals surface area (Å²) in [6.45, 7) is 1.72. The Hall–Kier alpha value is -2.05. The first-order valence-electron chi connectivity index (χ1n) is 7.54. The monoisotopic (exact) mass is 372 g/mol. The van der Waals surface area contributed by atoms with Crippen molar-refractivity contribution in [3.63, 3.8) is 0 Å². The smallest absolute Gasteiger partial charge is 0.350 e. The number of amides is 1. The Morgan fingerprint density at radius 3 is 2.12 bits per heavy atom. The fourth-order valence-corrected chi connectivity index (χ4v) is 2.36. The van der Waals surface area contributed by atoms with Crippen molar-refractivity contribution in [2.24, 2.45) is 5.73 Å². The molecule has 25 heavy (non-hydrogen) atoms. The summed E-state index contributed by atoms with van der Waals surface area (Å²) in [6, 6.07) is 13.2. The first kappa shape index (κ1) is 21.0. The molecule has 0 bridgehead atoms. The highest BCUT2D eigenvalue weighted by Crippen LogP contribution is 2.29. The van der Waals surface area contributed by atoms with Gasteiger partial charge in [-0.25, -0.2) is 0 Å². The van der Waals surface area contributed by atoms with Crippen LogP contribution in [0.15, 0.2) is 54.6 Å². The van der Waals surface area contributed by atoms with Gasteiger partial charge in [-0.2, -0.15) is 13.2 Å². The Morgan fingerprint density at radius 1 is 1.04 bits per heavy atom. The number of carbonyl (C=O) groups excluding carboxylic acids is 1. The second-order valence-corrected chi connectivity index (χ2v) is 5.63. The summed E-state index contributed by atoms with van der Waals surface area (Å²) in [6.07, 6.45) is -4.26. The molecular weight excluding hydrogens is 353 g/mol. The summed E-state index contributed by atoms with van der Waals surface area (Å²) < 4.78 is 37.7. The average Bonchev–Trinajstić information content (AvgIpc) is 2.54. The molecule has 7 heteroatoms. The van der Waals surface area contributed by atoms with E-state index in [-0.39, 0.29) is 24.7 Å². The van der Waals surface area contributed by atoms with Gasteiger partial charge in [0.15, 0.2) is 0 Å². The fourth-order valence-electron chi connectivity index (χ4n) is 2.36. The zero-order valence-electron chi connectivity index (χ0n) is 13.6. The Labute approximate surface area is 150 Å². The predicted molar refractivity (Wildman–Crippen MR) is 93.2 cm³/mol. The van der Waals surface area contributed by atoms with Gasteiger partial charge in [-0.15, -0.1) is 12.4 Å². The Balaban J connectivity index is 0.00000312. The molecule has 136 valence electrons. The molecule has 0 saturated carbocycles. The third-order valence-electron chi connectivity index (χ3n) is 3.75. The first-order valence-corrected chi connectivity index (χ1v) is 7.54. The molecule has 2 aromatic rings. The molecule has 0 fully saturated rings. The molecule has 0 aliphatic rings. The summed E-state index contributed by atoms with van der Waals surface area (Å²) in [5, 5.41) is 2.75. The lowest BCUT2D eigenvalue weighted by Gasteiger charge is -2.17. The van der Waals surface area contributed by atoms with Gasteiger partial charge >= 0.3 is 6.18 Å². The summed E-state index contributed by atoms with van der Waals surface area (Å²) in [5.41, 5.74) is 6.74. The molecule has 2 aromatic carbocycles. The van der Waals surface area contributed by atoms with Crippen LogP contribution >= 0.6 is 12.4 Å². The van der Waals surface area contributed by atoms with E-state index in [4.69, 9.17) is 5.73 Å². The van der Waals surface area contributed by atoms with Gasteiger partial charge in [0.2, 0.25) is 5.91 Å². The van der Waals surface area contributed by atoms with E-state index in [1.807, 2.05) is 30.3 Å². The van der Waals surface area contributed by atoms with Gasteiger partial charge in [-0.3, -0.25) is 4.79 Å². The highest BCUT2D eigenvalue weighted by molar-refractivity contribution is 5.85. The Morgan fingerprint density at radius 2 is 1.60 bits per heavy atom. The van der Waals surface area contributed by atoms with E-state index in [9.17, 15) is 18.0 Å². The number of nitrogens with two attached hydrogens (primary N) is 1. The van der Waals surface area contributed by atoms with E-state index >= 15 is 0 Å². The van der Waals surface area contributed by atoms with Crippen LogP contribution in [0.2, 0.25) is 0 Å². The van der Waals surface area contributed by atoms with Crippen molar-refractivity contribution in [1.29, 1.82) is 0 Å². The SMILES string of the molecule is CC(NC(=O)CC(N)c1ccccc1)c1ccc(C(F)(F)F)cc1.Cl. The fraction of sp³-hybridized carbons (Fsp3) is 0.278. The third-order valence-corrected chi connectivity index (χ3v) is 3.75. The minimum absolute atomic E-state index is 0. The molecule has 2 atom stereocenters. The number of carbonyl (C=O) groups is 1. The number of hydrogen-bond donors (Lipinski definition) is 2. The lowest BCUT2D eigenvalue weighted by molar-refractivity contribution is -0.137. The summed E-state index contributed by atoms with van der Waals surface area (Å²) in [5.74, 6) is -0.251. The minimum Gasteiger partial charge on any atom is -0.350 e. The van der Waals surface area contributed by atoms with Crippen molar-refractivity contribution in [2.45, 2.75) is 31.6 Å². The number of benzene rings is 2. The first-order chi connectivity index (χ1) is 11.3. The number of rotatable bonds is 5. The van der Waals surface area contributed by atoms with Crippen LogP contribution in [0.3, 0.4) is 0 Å². The largest absolute Gasteiger partial charge is 0.416 e. The lowest BCUT2D eigenvalue weighted by atomic mass is 10.0. The van der Waals surface area contributed by atoms with Crippen LogP contribution in [0.1, 0.15) is 42.1 Å². The summed E-state index contributed by atoms with van der Waals surface area (Å²) in [7, 11) is 0. The maximum Gasteiger partial charge on any atom is 0.416 e. The quantitative estimate of drug-likeness (QED) is 0.817. The van der Waals surface area contributed by atoms with Crippen molar-refractivity contribution < 1.29 is 18.0 Å². The molecule has 0 aromatic heterocycles. The van der Waals surface area contributed by atoms with Crippen molar-refractivity contribution in [3.05, 3.63) is 71.3 Å². The van der Waals surface area contributed by atoms with Crippen molar-refractivity contribution >= 4 is 18.3 Å². The van der Waals surface area contributed by atoms with Gasteiger partial charge in [-0.05, 0) is 30.2 Å². The second-order valence-electron chi connectivity index (χ2n) is 5.63. The molecular formula is C18H20ClF3N2O. The van der Waals surface area contributed by atoms with E-state index in [1.54, 1.807) is 6.92 Å². The van der Waals surface area contributed by atoms with E-state index in [1.165, 1.54) is 12.1 Å². The maximum atomic E-state index is 12.6. The van der Waals surface area contributed by atoms with Crippen LogP contribution in [-0.4, -0.2) is 5.91 Å². The molecule has 0 aliphatic carbocycles. The molecule has 0 radical (unpaired) electrons. The van der Waals surface area contributed by atoms with Gasteiger partial charge in [0.1, 0.15) is 0 Å². The van der Waals surface area contributed by atoms with Crippen LogP contribution in [0.5, 0.6) is 0 Å². The van der Waals surface area contributed by atoms with E-state index in [2.05, 4.69) is 5.32 Å². The lowest BCUT2D eigenvalue weighted by Crippen LogP contribution is -2.29. The van der Waals surface area contributed by atoms with E-state index in [0.717, 1.165) is 17.7 Å². The van der Waals surface area contributed by atoms with Gasteiger partial charge in [0.25, 0.3) is 0 Å². The summed E-state index contributed by atoms with van der Waals surface area (Å²) in [4.78, 5) is 12.1. The average molecular weight is 373 g/mol. The third kappa shape index (κ3) is 6.07. The van der Waals surface area contributed by atoms with Crippen LogP contribution in [0.4, 0.5) is 13.2 Å². The van der Waals surface area contributed by atoms with Crippen LogP contribution in [0, 0.1) is 0 Å². The van der Waals surface area contributed by atoms with Crippen LogP contribution in [-0.2, 0) is 11.0 Å². The Bertz CT molecular complexity index is 675. The van der Waals surface area contributed by atoms with Crippen LogP contribution < -0.4 is 11.1 Å². The standard InChI is InChI=1S/C18H19F3N2O.ClH/c1-12(13-7-9-15(10-8-13)18(19,20)21)23-17(24)11-16(22)14-5-3-2-4-6-14;/h2-10,12,16H,11,22H2,1H3,(H,23,24);1H. The molecule has 2 rings (SSSR count). The molecule has 2 unspecified atom stereocenters. The molecule has 0 aliphatic heterocycles.